The Morgan fingerprint density at radius 1 is 1.15 bits per heavy atom. The predicted molar refractivity (Wildman–Crippen MR) is 96.9 cm³/mol. The maximum absolute atomic E-state index is 13.0. The van der Waals surface area contributed by atoms with Gasteiger partial charge in [-0.25, -0.2) is 13.6 Å². The van der Waals surface area contributed by atoms with Crippen LogP contribution in [0.15, 0.2) is 36.4 Å². The first-order valence-corrected chi connectivity index (χ1v) is 8.51. The molecule has 0 saturated carbocycles. The highest BCUT2D eigenvalue weighted by Gasteiger charge is 2.14. The molecule has 140 valence electrons. The van der Waals surface area contributed by atoms with Gasteiger partial charge in [-0.1, -0.05) is 31.2 Å². The lowest BCUT2D eigenvalue weighted by atomic mass is 10.1. The Kier molecular flexibility index (Phi) is 6.95. The first-order valence-electron chi connectivity index (χ1n) is 8.51. The van der Waals surface area contributed by atoms with E-state index in [9.17, 15) is 13.6 Å². The van der Waals surface area contributed by atoms with Crippen molar-refractivity contribution in [3.05, 3.63) is 58.7 Å². The number of halogens is 2. The van der Waals surface area contributed by atoms with Gasteiger partial charge < -0.3 is 9.47 Å². The van der Waals surface area contributed by atoms with Gasteiger partial charge in [0.15, 0.2) is 0 Å². The van der Waals surface area contributed by atoms with Crippen LogP contribution in [0.25, 0.3) is 0 Å². The number of carbonyl (C=O) groups is 1. The Bertz CT molecular complexity index is 763. The Labute approximate surface area is 152 Å². The summed E-state index contributed by atoms with van der Waals surface area (Å²) in [6, 6.07) is 10.0. The second-order valence-corrected chi connectivity index (χ2v) is 5.80. The van der Waals surface area contributed by atoms with Crippen molar-refractivity contribution in [1.29, 1.82) is 0 Å². The molecule has 0 radical (unpaired) electrons. The fourth-order valence-corrected chi connectivity index (χ4v) is 2.50. The largest absolute Gasteiger partial charge is 0.489 e. The van der Waals surface area contributed by atoms with Crippen molar-refractivity contribution in [3.8, 4) is 5.75 Å². The summed E-state index contributed by atoms with van der Waals surface area (Å²) in [5.74, 6) is 0.710. The number of rotatable bonds is 7. The van der Waals surface area contributed by atoms with Gasteiger partial charge in [-0.05, 0) is 43.5 Å². The molecule has 0 atom stereocenters. The average molecular weight is 363 g/mol. The lowest BCUT2D eigenvalue weighted by Crippen LogP contribution is -2.15. The van der Waals surface area contributed by atoms with E-state index >= 15 is 0 Å². The van der Waals surface area contributed by atoms with Gasteiger partial charge in [-0.3, -0.25) is 5.32 Å². The third kappa shape index (κ3) is 5.18. The molecule has 0 spiro atoms. The zero-order chi connectivity index (χ0) is 19.1. The number of aryl methyl sites for hydroxylation is 2. The molecular weight excluding hydrogens is 340 g/mol. The summed E-state index contributed by atoms with van der Waals surface area (Å²) >= 11 is 0. The Morgan fingerprint density at radius 3 is 2.54 bits per heavy atom. The van der Waals surface area contributed by atoms with E-state index in [0.717, 1.165) is 12.0 Å². The van der Waals surface area contributed by atoms with Crippen molar-refractivity contribution >= 4 is 11.8 Å². The fourth-order valence-electron chi connectivity index (χ4n) is 2.50. The van der Waals surface area contributed by atoms with Crippen LogP contribution in [0.3, 0.4) is 0 Å². The van der Waals surface area contributed by atoms with Gasteiger partial charge in [-0.15, -0.1) is 0 Å². The van der Waals surface area contributed by atoms with Crippen LogP contribution in [-0.2, 0) is 17.8 Å². The summed E-state index contributed by atoms with van der Waals surface area (Å²) in [6.07, 6.45) is -2.38. The summed E-state index contributed by atoms with van der Waals surface area (Å²) in [5, 5.41) is 2.50. The van der Waals surface area contributed by atoms with E-state index in [1.165, 1.54) is 23.8 Å². The fraction of sp³-hybridized carbons (Fsp3) is 0.350. The zero-order valence-corrected chi connectivity index (χ0v) is 15.1. The van der Waals surface area contributed by atoms with Gasteiger partial charge >= 0.3 is 6.09 Å². The molecule has 0 bridgehead atoms. The summed E-state index contributed by atoms with van der Waals surface area (Å²) in [4.78, 5) is 11.7. The minimum Gasteiger partial charge on any atom is -0.489 e. The van der Waals surface area contributed by atoms with E-state index in [0.29, 0.717) is 11.3 Å². The second kappa shape index (κ2) is 9.17. The molecule has 2 aromatic carbocycles. The number of hydrogen-bond acceptors (Lipinski definition) is 3. The van der Waals surface area contributed by atoms with Crippen LogP contribution in [0, 0.1) is 6.92 Å². The number of ether oxygens (including phenoxy) is 2. The molecule has 0 saturated heterocycles. The monoisotopic (exact) mass is 363 g/mol. The minimum atomic E-state index is -2.63. The van der Waals surface area contributed by atoms with Gasteiger partial charge in [0, 0.05) is 11.1 Å². The van der Waals surface area contributed by atoms with Gasteiger partial charge in [0.25, 0.3) is 6.43 Å². The van der Waals surface area contributed by atoms with Crippen LogP contribution in [0.2, 0.25) is 0 Å². The molecule has 2 aromatic rings. The molecule has 6 heteroatoms. The van der Waals surface area contributed by atoms with Crippen LogP contribution in [0.1, 0.15) is 42.5 Å². The SMILES string of the molecule is CCOC(=O)Nc1cc(C(F)F)ccc1COc1ccc(CC)cc1C. The topological polar surface area (TPSA) is 47.6 Å². The van der Waals surface area contributed by atoms with E-state index in [4.69, 9.17) is 9.47 Å². The van der Waals surface area contributed by atoms with Gasteiger partial charge in [-0.2, -0.15) is 0 Å². The number of benzene rings is 2. The lowest BCUT2D eigenvalue weighted by molar-refractivity contribution is 0.151. The molecule has 0 aromatic heterocycles. The number of alkyl halides is 2. The standard InChI is InChI=1S/C20H23F2NO3/c1-4-14-6-9-18(13(3)10-14)26-12-16-8-7-15(19(21)22)11-17(16)23-20(24)25-5-2/h6-11,19H,4-5,12H2,1-3H3,(H,23,24). The Hall–Kier alpha value is -2.63. The van der Waals surface area contributed by atoms with Crippen molar-refractivity contribution in [2.45, 2.75) is 40.2 Å². The number of amides is 1. The first-order chi connectivity index (χ1) is 12.4. The smallest absolute Gasteiger partial charge is 0.411 e. The summed E-state index contributed by atoms with van der Waals surface area (Å²) in [7, 11) is 0. The van der Waals surface area contributed by atoms with E-state index < -0.39 is 12.5 Å². The summed E-state index contributed by atoms with van der Waals surface area (Å²) < 4.78 is 36.6. The quantitative estimate of drug-likeness (QED) is 0.692. The number of anilines is 1. The molecule has 1 amide bonds. The normalized spacial score (nSPS) is 10.7. The third-order valence-corrected chi connectivity index (χ3v) is 3.93. The summed E-state index contributed by atoms with van der Waals surface area (Å²) in [5.41, 5.74) is 2.86. The third-order valence-electron chi connectivity index (χ3n) is 3.93. The van der Waals surface area contributed by atoms with E-state index in [-0.39, 0.29) is 24.5 Å². The minimum absolute atomic E-state index is 0.136. The molecule has 0 aliphatic carbocycles. The predicted octanol–water partition coefficient (Wildman–Crippen LogP) is 5.64. The molecule has 0 fully saturated rings. The van der Waals surface area contributed by atoms with Gasteiger partial charge in [0.05, 0.1) is 12.3 Å². The van der Waals surface area contributed by atoms with Crippen molar-refractivity contribution in [2.75, 3.05) is 11.9 Å². The second-order valence-electron chi connectivity index (χ2n) is 5.80. The molecule has 0 aliphatic heterocycles. The van der Waals surface area contributed by atoms with E-state index in [2.05, 4.69) is 12.2 Å². The highest BCUT2D eigenvalue weighted by atomic mass is 19.3. The highest BCUT2D eigenvalue weighted by Crippen LogP contribution is 2.27. The van der Waals surface area contributed by atoms with Crippen LogP contribution in [0.4, 0.5) is 19.3 Å². The molecular formula is C20H23F2NO3. The molecule has 26 heavy (non-hydrogen) atoms. The highest BCUT2D eigenvalue weighted by molar-refractivity contribution is 5.85. The lowest BCUT2D eigenvalue weighted by Gasteiger charge is -2.15. The van der Waals surface area contributed by atoms with Crippen molar-refractivity contribution < 1.29 is 23.0 Å². The molecule has 0 heterocycles. The van der Waals surface area contributed by atoms with Gasteiger partial charge in [0.1, 0.15) is 12.4 Å². The Morgan fingerprint density at radius 2 is 1.92 bits per heavy atom. The Balaban J connectivity index is 2.20. The van der Waals surface area contributed by atoms with E-state index in [1.54, 1.807) is 6.92 Å². The maximum atomic E-state index is 13.0. The number of hydrogen-bond donors (Lipinski definition) is 1. The zero-order valence-electron chi connectivity index (χ0n) is 15.1. The van der Waals surface area contributed by atoms with Crippen molar-refractivity contribution in [3.63, 3.8) is 0 Å². The van der Waals surface area contributed by atoms with Crippen LogP contribution >= 0.6 is 0 Å². The average Bonchev–Trinajstić information content (AvgIpc) is 2.61. The molecule has 4 nitrogen and oxygen atoms in total. The maximum Gasteiger partial charge on any atom is 0.411 e. The van der Waals surface area contributed by atoms with Crippen LogP contribution < -0.4 is 10.1 Å². The number of nitrogens with one attached hydrogen (secondary N) is 1. The van der Waals surface area contributed by atoms with Crippen LogP contribution in [0.5, 0.6) is 5.75 Å². The van der Waals surface area contributed by atoms with Gasteiger partial charge in [0.2, 0.25) is 0 Å². The van der Waals surface area contributed by atoms with Crippen molar-refractivity contribution in [1.82, 2.24) is 0 Å². The van der Waals surface area contributed by atoms with Crippen molar-refractivity contribution in [2.24, 2.45) is 0 Å². The number of carbonyl (C=O) groups excluding carboxylic acids is 1. The molecule has 2 rings (SSSR count). The molecule has 0 unspecified atom stereocenters. The molecule has 0 aliphatic rings. The first kappa shape index (κ1) is 19.7. The molecule has 1 N–H and O–H groups in total. The van der Waals surface area contributed by atoms with E-state index in [1.807, 2.05) is 25.1 Å². The summed E-state index contributed by atoms with van der Waals surface area (Å²) in [6.45, 7) is 6.02. The van der Waals surface area contributed by atoms with Crippen LogP contribution in [-0.4, -0.2) is 12.7 Å².